The fourth-order valence-corrected chi connectivity index (χ4v) is 6.33. The normalized spacial score (nSPS) is 19.0. The number of hydrogen-bond donors (Lipinski definition) is 6. The number of aliphatic hydroxyl groups excluding tert-OH is 3. The van der Waals surface area contributed by atoms with Gasteiger partial charge >= 0.3 is 5.97 Å². The van der Waals surface area contributed by atoms with E-state index in [0.29, 0.717) is 0 Å². The van der Waals surface area contributed by atoms with Gasteiger partial charge in [-0.2, -0.15) is 0 Å². The summed E-state index contributed by atoms with van der Waals surface area (Å²) in [6.07, 6.45) is 2.49. The number of nitrogens with zero attached hydrogens (tertiary/aromatic N) is 1. The highest BCUT2D eigenvalue weighted by atomic mass is 35.5. The first-order valence-electron chi connectivity index (χ1n) is 15.9. The lowest BCUT2D eigenvalue weighted by molar-refractivity contribution is -0.175. The van der Waals surface area contributed by atoms with E-state index in [1.807, 2.05) is 66.1 Å². The highest BCUT2D eigenvalue weighted by Gasteiger charge is 2.48. The van der Waals surface area contributed by atoms with Gasteiger partial charge in [-0.25, -0.2) is 0 Å². The molecule has 2 aliphatic rings. The summed E-state index contributed by atoms with van der Waals surface area (Å²) in [5.41, 5.74) is 1.34. The van der Waals surface area contributed by atoms with Crippen molar-refractivity contribution in [3.05, 3.63) is 83.7 Å². The number of carboxylic acids is 1. The van der Waals surface area contributed by atoms with Crippen molar-refractivity contribution in [1.82, 2.24) is 10.3 Å². The summed E-state index contributed by atoms with van der Waals surface area (Å²) < 4.78 is 12.9. The summed E-state index contributed by atoms with van der Waals surface area (Å²) in [5.74, 6) is -1.91. The Hall–Kier alpha value is -3.29. The van der Waals surface area contributed by atoms with E-state index >= 15 is 0 Å². The number of carbonyl (C=O) groups excluding carboxylic acids is 1. The Labute approximate surface area is 288 Å². The zero-order valence-electron chi connectivity index (χ0n) is 26.2. The van der Waals surface area contributed by atoms with E-state index in [1.54, 1.807) is 6.20 Å². The largest absolute Gasteiger partial charge is 0.490 e. The molecule has 0 radical (unpaired) electrons. The Morgan fingerprint density at radius 2 is 1.77 bits per heavy atom. The first kappa shape index (κ1) is 36.0. The minimum absolute atomic E-state index is 0.0128. The number of aromatic nitrogens is 1. The molecular formula is C35H40Cl2N2O9. The van der Waals surface area contributed by atoms with E-state index < -0.39 is 59.7 Å². The van der Waals surface area contributed by atoms with Crippen LogP contribution in [0.5, 0.6) is 5.75 Å². The van der Waals surface area contributed by atoms with Gasteiger partial charge in [0, 0.05) is 29.4 Å². The lowest BCUT2D eigenvalue weighted by Crippen LogP contribution is -2.64. The van der Waals surface area contributed by atoms with Crippen molar-refractivity contribution in [1.29, 1.82) is 0 Å². The summed E-state index contributed by atoms with van der Waals surface area (Å²) in [5, 5.41) is 50.2. The topological polar surface area (TPSA) is 179 Å². The smallest absolute Gasteiger partial charge is 0.306 e. The van der Waals surface area contributed by atoms with Crippen molar-refractivity contribution in [2.45, 2.75) is 86.1 Å². The second-order valence-corrected chi connectivity index (χ2v) is 13.3. The number of carbonyl (C=O) groups is 2. The van der Waals surface area contributed by atoms with Gasteiger partial charge in [0.1, 0.15) is 17.2 Å². The Morgan fingerprint density at radius 3 is 2.44 bits per heavy atom. The van der Waals surface area contributed by atoms with Crippen LogP contribution < -0.4 is 10.1 Å². The molecule has 0 saturated heterocycles. The maximum atomic E-state index is 13.0. The summed E-state index contributed by atoms with van der Waals surface area (Å²) in [4.78, 5) is 28.3. The van der Waals surface area contributed by atoms with Crippen molar-refractivity contribution in [3.63, 3.8) is 0 Å². The third kappa shape index (κ3) is 8.46. The number of pyridine rings is 1. The average Bonchev–Trinajstić information content (AvgIpc) is 4.03. The molecule has 2 fully saturated rings. The number of alkyl halides is 2. The lowest BCUT2D eigenvalue weighted by atomic mass is 9.91. The number of rotatable bonds is 18. The van der Waals surface area contributed by atoms with Crippen LogP contribution in [0.3, 0.4) is 0 Å². The number of carboxylic acid groups (broad SMARTS) is 1. The zero-order chi connectivity index (χ0) is 34.5. The molecule has 0 bridgehead atoms. The molecule has 1 amide bonds. The summed E-state index contributed by atoms with van der Waals surface area (Å²) >= 11 is 12.8. The molecule has 13 heteroatoms. The number of aliphatic hydroxyl groups is 4. The van der Waals surface area contributed by atoms with Crippen LogP contribution >= 0.6 is 23.2 Å². The van der Waals surface area contributed by atoms with Crippen LogP contribution in [0.2, 0.25) is 0 Å². The Morgan fingerprint density at radius 1 is 1.06 bits per heavy atom. The average molecular weight is 704 g/mol. The van der Waals surface area contributed by atoms with Crippen molar-refractivity contribution in [2.75, 3.05) is 12.5 Å². The zero-order valence-corrected chi connectivity index (χ0v) is 27.7. The predicted molar refractivity (Wildman–Crippen MR) is 178 cm³/mol. The molecule has 48 heavy (non-hydrogen) atoms. The second-order valence-electron chi connectivity index (χ2n) is 12.5. The molecule has 258 valence electrons. The van der Waals surface area contributed by atoms with Crippen molar-refractivity contribution >= 4 is 35.1 Å². The monoisotopic (exact) mass is 702 g/mol. The van der Waals surface area contributed by atoms with E-state index in [-0.39, 0.29) is 25.0 Å². The van der Waals surface area contributed by atoms with Crippen molar-refractivity contribution < 1.29 is 44.6 Å². The van der Waals surface area contributed by atoms with Gasteiger partial charge in [0.15, 0.2) is 5.72 Å². The number of hydrogen-bond acceptors (Lipinski definition) is 9. The van der Waals surface area contributed by atoms with Crippen LogP contribution in [0.15, 0.2) is 67.0 Å². The molecule has 2 aliphatic carbocycles. The maximum Gasteiger partial charge on any atom is 0.306 e. The standard InChI is InChI=1S/C35H40Cl2N2O9/c36-17-22(15-28(37)33(45)39-35(46,20-40)32(44)29(41)16-31(42)43)24-6-2-1-5-21(24)19-47-34(12-13-34)27-18-38-14-11-25(27)26-7-3-4-8-30(26)48-23-9-10-23/h1-8,11,14,18,22-23,28-29,32,40-41,44,46H,9-10,12-13,15-17,19-20H2,(H,39,45)(H,42,43). The number of ether oxygens (including phenoxy) is 2. The van der Waals surface area contributed by atoms with Crippen LogP contribution in [-0.4, -0.2) is 84.3 Å². The molecule has 6 N–H and O–H groups in total. The Balaban J connectivity index is 1.29. The maximum absolute atomic E-state index is 13.0. The van der Waals surface area contributed by atoms with E-state index in [4.69, 9.17) is 37.8 Å². The van der Waals surface area contributed by atoms with Gasteiger partial charge in [0.2, 0.25) is 5.91 Å². The summed E-state index contributed by atoms with van der Waals surface area (Å²) in [7, 11) is 0. The first-order valence-corrected chi connectivity index (χ1v) is 16.8. The van der Waals surface area contributed by atoms with Crippen LogP contribution in [0.4, 0.5) is 0 Å². The minimum Gasteiger partial charge on any atom is -0.490 e. The Bertz CT molecular complexity index is 1580. The second kappa shape index (κ2) is 15.5. The molecule has 0 aliphatic heterocycles. The third-order valence-electron chi connectivity index (χ3n) is 8.79. The minimum atomic E-state index is -2.74. The molecule has 2 aromatic carbocycles. The molecule has 5 unspecified atom stereocenters. The molecule has 2 saturated carbocycles. The van der Waals surface area contributed by atoms with Gasteiger partial charge in [-0.3, -0.25) is 14.6 Å². The summed E-state index contributed by atoms with van der Waals surface area (Å²) in [6, 6.07) is 17.5. The van der Waals surface area contributed by atoms with Gasteiger partial charge in [-0.1, -0.05) is 42.5 Å². The number of benzene rings is 2. The van der Waals surface area contributed by atoms with Gasteiger partial charge in [0.25, 0.3) is 0 Å². The first-order chi connectivity index (χ1) is 23.0. The predicted octanol–water partition coefficient (Wildman–Crippen LogP) is 3.81. The van der Waals surface area contributed by atoms with Crippen molar-refractivity contribution in [3.8, 4) is 16.9 Å². The number of aliphatic carboxylic acids is 1. The third-order valence-corrected chi connectivity index (χ3v) is 9.54. The SMILES string of the molecule is O=C(O)CC(O)C(O)C(O)(CO)NC(=O)C(Cl)CC(CCl)c1ccccc1COC1(c2cnccc2-c2ccccc2OC2CC2)CC1. The lowest BCUT2D eigenvalue weighted by Gasteiger charge is -2.35. The molecule has 0 spiro atoms. The van der Waals surface area contributed by atoms with E-state index in [1.165, 1.54) is 0 Å². The van der Waals surface area contributed by atoms with Gasteiger partial charge < -0.3 is 40.3 Å². The Kier molecular flexibility index (Phi) is 11.6. The molecule has 5 rings (SSSR count). The molecule has 5 atom stereocenters. The van der Waals surface area contributed by atoms with Crippen LogP contribution in [0.25, 0.3) is 11.1 Å². The summed E-state index contributed by atoms with van der Waals surface area (Å²) in [6.45, 7) is -0.964. The molecular weight excluding hydrogens is 663 g/mol. The van der Waals surface area contributed by atoms with Gasteiger partial charge in [-0.15, -0.1) is 23.2 Å². The highest BCUT2D eigenvalue weighted by molar-refractivity contribution is 6.30. The molecule has 1 heterocycles. The van der Waals surface area contributed by atoms with E-state index in [0.717, 1.165) is 59.3 Å². The van der Waals surface area contributed by atoms with E-state index in [2.05, 4.69) is 4.98 Å². The fraction of sp³-hybridized carbons (Fsp3) is 0.457. The van der Waals surface area contributed by atoms with Crippen LogP contribution in [-0.2, 0) is 26.5 Å². The fourth-order valence-electron chi connectivity index (χ4n) is 5.77. The molecule has 11 nitrogen and oxygen atoms in total. The molecule has 1 aromatic heterocycles. The van der Waals surface area contributed by atoms with Gasteiger partial charge in [-0.05, 0) is 66.8 Å². The quantitative estimate of drug-likeness (QED) is 0.0844. The van der Waals surface area contributed by atoms with Crippen molar-refractivity contribution in [2.24, 2.45) is 0 Å². The number of halogens is 2. The van der Waals surface area contributed by atoms with Gasteiger partial charge in [0.05, 0.1) is 37.4 Å². The number of nitrogens with one attached hydrogen (secondary N) is 1. The number of para-hydroxylation sites is 1. The number of amides is 1. The van der Waals surface area contributed by atoms with Crippen LogP contribution in [0, 0.1) is 0 Å². The van der Waals surface area contributed by atoms with E-state index in [9.17, 15) is 30.0 Å². The van der Waals surface area contributed by atoms with Crippen LogP contribution in [0.1, 0.15) is 61.1 Å². The highest BCUT2D eigenvalue weighted by Crippen LogP contribution is 2.53. The molecule has 3 aromatic rings.